The van der Waals surface area contributed by atoms with Gasteiger partial charge in [0.1, 0.15) is 0 Å². The van der Waals surface area contributed by atoms with Crippen molar-refractivity contribution in [2.24, 2.45) is 15.8 Å². The molecule has 10 nitrogen and oxygen atoms in total. The van der Waals surface area contributed by atoms with Crippen LogP contribution in [0.1, 0.15) is 55.4 Å². The van der Waals surface area contributed by atoms with Gasteiger partial charge in [-0.1, -0.05) is 53.1 Å². The first-order valence-corrected chi connectivity index (χ1v) is 13.7. The van der Waals surface area contributed by atoms with E-state index >= 15 is 0 Å². The number of aliphatic imine (C=N–C) groups is 1. The number of ether oxygens (including phenoxy) is 1. The molecule has 0 aliphatic heterocycles. The summed E-state index contributed by atoms with van der Waals surface area (Å²) in [6.45, 7) is 15.8. The molecule has 41 heavy (non-hydrogen) atoms. The zero-order valence-corrected chi connectivity index (χ0v) is 25.9. The van der Waals surface area contributed by atoms with Crippen LogP contribution in [0.3, 0.4) is 0 Å². The molecule has 0 spiro atoms. The summed E-state index contributed by atoms with van der Waals surface area (Å²) < 4.78 is 4.77. The molecule has 3 amide bonds. The van der Waals surface area contributed by atoms with Crippen LogP contribution in [0.15, 0.2) is 41.4 Å². The fourth-order valence-electron chi connectivity index (χ4n) is 3.55. The highest BCUT2D eigenvalue weighted by Gasteiger charge is 2.32. The highest BCUT2D eigenvalue weighted by molar-refractivity contribution is 6.68. The Bertz CT molecular complexity index is 1340. The second-order valence-electron chi connectivity index (χ2n) is 11.4. The maximum Gasteiger partial charge on any atom is 0.411 e. The highest BCUT2D eigenvalue weighted by Crippen LogP contribution is 2.32. The largest absolute Gasteiger partial charge is 0.453 e. The second kappa shape index (κ2) is 13.6. The number of methoxy groups -OCH3 is 1. The number of rotatable bonds is 9. The number of benzene rings is 2. The van der Waals surface area contributed by atoms with E-state index < -0.39 is 28.6 Å². The molecule has 0 aliphatic carbocycles. The maximum absolute atomic E-state index is 13.6. The molecular weight excluding hydrogens is 546 g/mol. The SMILES string of the molecule is CCN(CC)c1ccc(/N=C(/C(=O)Nc2cc(NC(=O)C(C)(C)C)ccc2Cl)C(=O)C(C)(C)C)c(NC(=O)OC)c1. The number of carbonyl (C=O) groups excluding carboxylic acids is 4. The molecule has 0 unspecified atom stereocenters. The van der Waals surface area contributed by atoms with E-state index in [-0.39, 0.29) is 33.7 Å². The van der Waals surface area contributed by atoms with Crippen molar-refractivity contribution in [3.05, 3.63) is 41.4 Å². The van der Waals surface area contributed by atoms with Gasteiger partial charge in [-0.05, 0) is 50.2 Å². The van der Waals surface area contributed by atoms with Crippen LogP contribution in [-0.4, -0.2) is 49.6 Å². The summed E-state index contributed by atoms with van der Waals surface area (Å²) >= 11 is 6.36. The number of hydrogen-bond donors (Lipinski definition) is 3. The average molecular weight is 586 g/mol. The van der Waals surface area contributed by atoms with Crippen molar-refractivity contribution in [3.8, 4) is 0 Å². The van der Waals surface area contributed by atoms with Crippen LogP contribution in [0.25, 0.3) is 0 Å². The summed E-state index contributed by atoms with van der Waals surface area (Å²) in [4.78, 5) is 58.1. The lowest BCUT2D eigenvalue weighted by molar-refractivity contribution is -0.123. The Morgan fingerprint density at radius 3 is 2.02 bits per heavy atom. The van der Waals surface area contributed by atoms with Crippen molar-refractivity contribution in [2.75, 3.05) is 41.0 Å². The standard InChI is InChI=1S/C30H40ClN5O5/c1-10-36(11-2)19-13-15-21(23(17-19)35-28(40)41-9)33-24(25(37)29(3,4)5)26(38)34-22-16-18(12-14-20(22)31)32-27(39)30(6,7)8/h12-17H,10-11H2,1-9H3,(H,32,39)(H,34,38)(H,35,40)/b33-24+. The molecule has 2 rings (SSSR count). The Hall–Kier alpha value is -3.92. The van der Waals surface area contributed by atoms with E-state index in [9.17, 15) is 19.2 Å². The number of amides is 3. The van der Waals surface area contributed by atoms with E-state index in [1.54, 1.807) is 65.8 Å². The molecule has 2 aromatic carbocycles. The van der Waals surface area contributed by atoms with Gasteiger partial charge in [0.15, 0.2) is 11.5 Å². The fourth-order valence-corrected chi connectivity index (χ4v) is 3.71. The quantitative estimate of drug-likeness (QED) is 0.222. The Labute approximate surface area is 246 Å². The van der Waals surface area contributed by atoms with Gasteiger partial charge >= 0.3 is 6.09 Å². The third kappa shape index (κ3) is 9.04. The summed E-state index contributed by atoms with van der Waals surface area (Å²) in [7, 11) is 1.23. The molecule has 0 atom stereocenters. The topological polar surface area (TPSA) is 129 Å². The minimum Gasteiger partial charge on any atom is -0.453 e. The van der Waals surface area contributed by atoms with Gasteiger partial charge in [0, 0.05) is 35.3 Å². The van der Waals surface area contributed by atoms with Crippen molar-refractivity contribution in [3.63, 3.8) is 0 Å². The van der Waals surface area contributed by atoms with Gasteiger partial charge < -0.3 is 20.3 Å². The molecule has 0 heterocycles. The molecule has 3 N–H and O–H groups in total. The maximum atomic E-state index is 13.6. The molecule has 0 saturated heterocycles. The fraction of sp³-hybridized carbons (Fsp3) is 0.433. The lowest BCUT2D eigenvalue weighted by Gasteiger charge is -2.23. The Morgan fingerprint density at radius 1 is 0.854 bits per heavy atom. The number of carbonyl (C=O) groups is 4. The molecule has 0 aromatic heterocycles. The van der Waals surface area contributed by atoms with E-state index in [2.05, 4.69) is 25.8 Å². The van der Waals surface area contributed by atoms with Crippen molar-refractivity contribution in [2.45, 2.75) is 55.4 Å². The van der Waals surface area contributed by atoms with Gasteiger partial charge in [0.25, 0.3) is 5.91 Å². The van der Waals surface area contributed by atoms with Crippen molar-refractivity contribution < 1.29 is 23.9 Å². The molecule has 0 saturated carbocycles. The van der Waals surface area contributed by atoms with Crippen LogP contribution >= 0.6 is 11.6 Å². The number of anilines is 4. The van der Waals surface area contributed by atoms with Crippen LogP contribution in [0.5, 0.6) is 0 Å². The molecule has 0 fully saturated rings. The van der Waals surface area contributed by atoms with Crippen molar-refractivity contribution >= 4 is 69.4 Å². The average Bonchev–Trinajstić information content (AvgIpc) is 2.89. The zero-order chi connectivity index (χ0) is 31.1. The molecule has 222 valence electrons. The van der Waals surface area contributed by atoms with Crippen molar-refractivity contribution in [1.82, 2.24) is 0 Å². The number of Topliss-reactive ketones (excluding diaryl/α,β-unsaturated/α-hetero) is 1. The molecule has 11 heteroatoms. The summed E-state index contributed by atoms with van der Waals surface area (Å²) in [5.41, 5.74) is -0.122. The summed E-state index contributed by atoms with van der Waals surface area (Å²) in [6, 6.07) is 9.77. The summed E-state index contributed by atoms with van der Waals surface area (Å²) in [5, 5.41) is 8.28. The molecule has 0 bridgehead atoms. The van der Waals surface area contributed by atoms with Crippen LogP contribution in [0.2, 0.25) is 5.02 Å². The predicted octanol–water partition coefficient (Wildman–Crippen LogP) is 6.68. The highest BCUT2D eigenvalue weighted by atomic mass is 35.5. The third-order valence-corrected chi connectivity index (χ3v) is 6.36. The van der Waals surface area contributed by atoms with E-state index in [1.807, 2.05) is 13.8 Å². The lowest BCUT2D eigenvalue weighted by atomic mass is 9.87. The Morgan fingerprint density at radius 2 is 1.49 bits per heavy atom. The Balaban J connectivity index is 2.60. The van der Waals surface area contributed by atoms with Crippen LogP contribution in [-0.2, 0) is 19.1 Å². The number of ketones is 1. The number of nitrogens with one attached hydrogen (secondary N) is 3. The first-order valence-electron chi connectivity index (χ1n) is 13.3. The summed E-state index contributed by atoms with van der Waals surface area (Å²) in [5.74, 6) is -1.55. The predicted molar refractivity (Wildman–Crippen MR) is 166 cm³/mol. The van der Waals surface area contributed by atoms with Crippen LogP contribution in [0, 0.1) is 10.8 Å². The van der Waals surface area contributed by atoms with E-state index in [0.29, 0.717) is 5.69 Å². The first kappa shape index (κ1) is 33.3. The smallest absolute Gasteiger partial charge is 0.411 e. The normalized spacial score (nSPS) is 11.9. The van der Waals surface area contributed by atoms with Gasteiger partial charge in [0.05, 0.1) is 29.2 Å². The second-order valence-corrected chi connectivity index (χ2v) is 11.8. The van der Waals surface area contributed by atoms with Crippen molar-refractivity contribution in [1.29, 1.82) is 0 Å². The van der Waals surface area contributed by atoms with Gasteiger partial charge in [-0.25, -0.2) is 9.79 Å². The summed E-state index contributed by atoms with van der Waals surface area (Å²) in [6.07, 6.45) is -0.729. The number of nitrogens with zero attached hydrogens (tertiary/aromatic N) is 2. The van der Waals surface area contributed by atoms with E-state index in [4.69, 9.17) is 16.3 Å². The van der Waals surface area contributed by atoms with Gasteiger partial charge in [-0.2, -0.15) is 0 Å². The monoisotopic (exact) mass is 585 g/mol. The zero-order valence-electron chi connectivity index (χ0n) is 25.2. The van der Waals surface area contributed by atoms with Gasteiger partial charge in [-0.15, -0.1) is 0 Å². The minimum absolute atomic E-state index is 0.183. The number of halogens is 1. The molecule has 0 aliphatic rings. The van der Waals surface area contributed by atoms with E-state index in [0.717, 1.165) is 18.8 Å². The van der Waals surface area contributed by atoms with E-state index in [1.165, 1.54) is 19.2 Å². The lowest BCUT2D eigenvalue weighted by Crippen LogP contribution is -2.37. The molecule has 2 aromatic rings. The Kier molecular flexibility index (Phi) is 11.1. The number of hydrogen-bond acceptors (Lipinski definition) is 7. The van der Waals surface area contributed by atoms with Crippen LogP contribution < -0.4 is 20.9 Å². The van der Waals surface area contributed by atoms with Gasteiger partial charge in [0.2, 0.25) is 5.91 Å². The van der Waals surface area contributed by atoms with Gasteiger partial charge in [-0.3, -0.25) is 19.7 Å². The third-order valence-electron chi connectivity index (χ3n) is 6.03. The first-order chi connectivity index (χ1) is 19.0. The molecular formula is C30H40ClN5O5. The van der Waals surface area contributed by atoms with Crippen LogP contribution in [0.4, 0.5) is 33.2 Å². The minimum atomic E-state index is -0.959. The molecule has 0 radical (unpaired) electrons.